The molecule has 0 aromatic heterocycles. The second kappa shape index (κ2) is 9.39. The van der Waals surface area contributed by atoms with Gasteiger partial charge in [-0.2, -0.15) is 0 Å². The molecular formula is C22H32N4O3. The number of hydrogen-bond acceptors (Lipinski definition) is 4. The molecule has 1 aromatic carbocycles. The van der Waals surface area contributed by atoms with E-state index in [1.807, 2.05) is 36.9 Å². The van der Waals surface area contributed by atoms with Crippen LogP contribution >= 0.6 is 0 Å². The van der Waals surface area contributed by atoms with Crippen LogP contribution in [0.3, 0.4) is 0 Å². The molecule has 29 heavy (non-hydrogen) atoms. The van der Waals surface area contributed by atoms with Crippen molar-refractivity contribution >= 4 is 23.4 Å². The first-order chi connectivity index (χ1) is 13.8. The van der Waals surface area contributed by atoms with Crippen molar-refractivity contribution in [2.24, 2.45) is 0 Å². The average molecular weight is 401 g/mol. The highest BCUT2D eigenvalue weighted by atomic mass is 16.2. The molecule has 1 aromatic rings. The number of carbonyl (C=O) groups is 3. The average Bonchev–Trinajstić information content (AvgIpc) is 3.53. The summed E-state index contributed by atoms with van der Waals surface area (Å²) < 4.78 is 0. The van der Waals surface area contributed by atoms with Crippen molar-refractivity contribution in [2.75, 3.05) is 44.6 Å². The lowest BCUT2D eigenvalue weighted by Gasteiger charge is -2.34. The molecule has 158 valence electrons. The van der Waals surface area contributed by atoms with Crippen LogP contribution in [-0.2, 0) is 14.4 Å². The summed E-state index contributed by atoms with van der Waals surface area (Å²) in [6.45, 7) is 8.84. The molecular weight excluding hydrogens is 368 g/mol. The van der Waals surface area contributed by atoms with Gasteiger partial charge in [0, 0.05) is 57.8 Å². The first-order valence-electron chi connectivity index (χ1n) is 10.5. The van der Waals surface area contributed by atoms with Crippen LogP contribution < -0.4 is 5.32 Å². The molecule has 2 aliphatic rings. The molecule has 1 heterocycles. The largest absolute Gasteiger partial charge is 0.339 e. The minimum atomic E-state index is -0.0307. The van der Waals surface area contributed by atoms with Crippen LogP contribution in [0.5, 0.6) is 0 Å². The number of para-hydroxylation sites is 1. The zero-order valence-electron chi connectivity index (χ0n) is 17.7. The topological polar surface area (TPSA) is 73.0 Å². The predicted octanol–water partition coefficient (Wildman–Crippen LogP) is 1.79. The van der Waals surface area contributed by atoms with Crippen molar-refractivity contribution in [1.82, 2.24) is 14.7 Å². The van der Waals surface area contributed by atoms with Gasteiger partial charge in [0.1, 0.15) is 0 Å². The summed E-state index contributed by atoms with van der Waals surface area (Å²) in [5.74, 6) is 0.137. The first kappa shape index (κ1) is 21.3. The summed E-state index contributed by atoms with van der Waals surface area (Å²) in [6.07, 6.45) is 2.58. The fourth-order valence-corrected chi connectivity index (χ4v) is 3.87. The summed E-state index contributed by atoms with van der Waals surface area (Å²) in [5.41, 5.74) is 2.99. The minimum Gasteiger partial charge on any atom is -0.339 e. The second-order valence-electron chi connectivity index (χ2n) is 8.15. The molecule has 7 nitrogen and oxygen atoms in total. The smallest absolute Gasteiger partial charge is 0.238 e. The molecule has 1 N–H and O–H groups in total. The van der Waals surface area contributed by atoms with E-state index in [0.29, 0.717) is 51.7 Å². The number of aryl methyl sites for hydroxylation is 2. The summed E-state index contributed by atoms with van der Waals surface area (Å²) >= 11 is 0. The Labute approximate surface area is 173 Å². The van der Waals surface area contributed by atoms with Gasteiger partial charge < -0.3 is 15.1 Å². The third-order valence-corrected chi connectivity index (χ3v) is 5.85. The van der Waals surface area contributed by atoms with Crippen molar-refractivity contribution in [3.8, 4) is 0 Å². The predicted molar refractivity (Wildman–Crippen MR) is 113 cm³/mol. The molecule has 2 fully saturated rings. The van der Waals surface area contributed by atoms with Gasteiger partial charge in [-0.1, -0.05) is 18.2 Å². The van der Waals surface area contributed by atoms with Crippen LogP contribution in [0, 0.1) is 13.8 Å². The molecule has 0 radical (unpaired) electrons. The Morgan fingerprint density at radius 2 is 1.62 bits per heavy atom. The monoisotopic (exact) mass is 400 g/mol. The summed E-state index contributed by atoms with van der Waals surface area (Å²) in [5, 5.41) is 3.04. The van der Waals surface area contributed by atoms with Gasteiger partial charge in [0.2, 0.25) is 17.7 Å². The zero-order valence-corrected chi connectivity index (χ0v) is 17.7. The summed E-state index contributed by atoms with van der Waals surface area (Å²) in [7, 11) is 0. The third-order valence-electron chi connectivity index (χ3n) is 5.85. The highest BCUT2D eigenvalue weighted by Gasteiger charge is 2.31. The fraction of sp³-hybridized carbons (Fsp3) is 0.591. The zero-order chi connectivity index (χ0) is 21.0. The van der Waals surface area contributed by atoms with Gasteiger partial charge in [-0.05, 0) is 37.8 Å². The Morgan fingerprint density at radius 1 is 1.03 bits per heavy atom. The van der Waals surface area contributed by atoms with Crippen molar-refractivity contribution in [2.45, 2.75) is 46.1 Å². The maximum atomic E-state index is 12.6. The molecule has 7 heteroatoms. The van der Waals surface area contributed by atoms with Gasteiger partial charge in [0.15, 0.2) is 0 Å². The SMILES string of the molecule is CC(=O)N1CCN(C(=O)CCN(CC(=O)Nc2c(C)cccc2C)C2CC2)CC1. The maximum Gasteiger partial charge on any atom is 0.238 e. The number of amides is 3. The number of hydrogen-bond donors (Lipinski definition) is 1. The van der Waals surface area contributed by atoms with E-state index in [-0.39, 0.29) is 17.7 Å². The lowest BCUT2D eigenvalue weighted by Crippen LogP contribution is -2.50. The van der Waals surface area contributed by atoms with Crippen molar-refractivity contribution < 1.29 is 14.4 Å². The van der Waals surface area contributed by atoms with Crippen LogP contribution in [0.4, 0.5) is 5.69 Å². The highest BCUT2D eigenvalue weighted by Crippen LogP contribution is 2.27. The van der Waals surface area contributed by atoms with Crippen LogP contribution in [0.15, 0.2) is 18.2 Å². The fourth-order valence-electron chi connectivity index (χ4n) is 3.87. The second-order valence-corrected chi connectivity index (χ2v) is 8.15. The lowest BCUT2D eigenvalue weighted by atomic mass is 10.1. The number of piperazine rings is 1. The van der Waals surface area contributed by atoms with Gasteiger partial charge in [0.05, 0.1) is 6.54 Å². The summed E-state index contributed by atoms with van der Waals surface area (Å²) in [6, 6.07) is 6.37. The number of anilines is 1. The van der Waals surface area contributed by atoms with E-state index in [4.69, 9.17) is 0 Å². The lowest BCUT2D eigenvalue weighted by molar-refractivity contribution is -0.138. The molecule has 1 aliphatic heterocycles. The van der Waals surface area contributed by atoms with Crippen molar-refractivity contribution in [3.63, 3.8) is 0 Å². The van der Waals surface area contributed by atoms with Crippen LogP contribution in [0.1, 0.15) is 37.3 Å². The van der Waals surface area contributed by atoms with Gasteiger partial charge in [-0.3, -0.25) is 19.3 Å². The van der Waals surface area contributed by atoms with E-state index >= 15 is 0 Å². The van der Waals surface area contributed by atoms with Gasteiger partial charge >= 0.3 is 0 Å². The Kier molecular flexibility index (Phi) is 6.90. The molecule has 0 bridgehead atoms. The standard InChI is InChI=1S/C22H32N4O3/c1-16-5-4-6-17(2)22(16)23-20(28)15-26(19-7-8-19)10-9-21(29)25-13-11-24(12-14-25)18(3)27/h4-6,19H,7-15H2,1-3H3,(H,23,28). The van der Waals surface area contributed by atoms with Crippen LogP contribution in [0.25, 0.3) is 0 Å². The van der Waals surface area contributed by atoms with Crippen LogP contribution in [-0.4, -0.2) is 77.7 Å². The molecule has 0 unspecified atom stereocenters. The van der Waals surface area contributed by atoms with E-state index < -0.39 is 0 Å². The van der Waals surface area contributed by atoms with Gasteiger partial charge in [0.25, 0.3) is 0 Å². The minimum absolute atomic E-state index is 0.0307. The number of nitrogens with zero attached hydrogens (tertiary/aromatic N) is 3. The molecule has 1 saturated heterocycles. The Bertz CT molecular complexity index is 747. The molecule has 3 rings (SSSR count). The van der Waals surface area contributed by atoms with E-state index in [2.05, 4.69) is 10.2 Å². The molecule has 3 amide bonds. The van der Waals surface area contributed by atoms with E-state index in [1.54, 1.807) is 11.8 Å². The number of benzene rings is 1. The van der Waals surface area contributed by atoms with Crippen molar-refractivity contribution in [3.05, 3.63) is 29.3 Å². The molecule has 0 atom stereocenters. The third kappa shape index (κ3) is 5.79. The van der Waals surface area contributed by atoms with Gasteiger partial charge in [-0.25, -0.2) is 0 Å². The number of carbonyl (C=O) groups excluding carboxylic acids is 3. The molecule has 0 spiro atoms. The Morgan fingerprint density at radius 3 is 2.17 bits per heavy atom. The van der Waals surface area contributed by atoms with Gasteiger partial charge in [-0.15, -0.1) is 0 Å². The Balaban J connectivity index is 1.49. The quantitative estimate of drug-likeness (QED) is 0.757. The van der Waals surface area contributed by atoms with Crippen molar-refractivity contribution in [1.29, 1.82) is 0 Å². The van der Waals surface area contributed by atoms with Crippen LogP contribution in [0.2, 0.25) is 0 Å². The normalized spacial score (nSPS) is 16.8. The number of rotatable bonds is 7. The molecule has 1 saturated carbocycles. The molecule has 1 aliphatic carbocycles. The van der Waals surface area contributed by atoms with E-state index in [0.717, 1.165) is 29.7 Å². The highest BCUT2D eigenvalue weighted by molar-refractivity contribution is 5.93. The number of nitrogens with one attached hydrogen (secondary N) is 1. The van der Waals surface area contributed by atoms with E-state index in [1.165, 1.54) is 0 Å². The maximum absolute atomic E-state index is 12.6. The van der Waals surface area contributed by atoms with E-state index in [9.17, 15) is 14.4 Å². The summed E-state index contributed by atoms with van der Waals surface area (Å²) in [4.78, 5) is 42.4. The Hall–Kier alpha value is -2.41. The first-order valence-corrected chi connectivity index (χ1v) is 10.5.